The second-order valence-corrected chi connectivity index (χ2v) is 4.86. The molecule has 0 spiro atoms. The van der Waals surface area contributed by atoms with E-state index in [-0.39, 0.29) is 18.4 Å². The Morgan fingerprint density at radius 3 is 2.11 bits per heavy atom. The Balaban J connectivity index is 4.26. The maximum Gasteiger partial charge on any atom is 0.242 e. The molecule has 0 rings (SSSR count). The van der Waals surface area contributed by atoms with Crippen LogP contribution in [0, 0.1) is 0 Å². The van der Waals surface area contributed by atoms with Crippen LogP contribution in [0.25, 0.3) is 0 Å². The Labute approximate surface area is 109 Å². The highest BCUT2D eigenvalue weighted by atomic mass is 16.3. The van der Waals surface area contributed by atoms with Crippen molar-refractivity contribution in [2.45, 2.75) is 65.0 Å². The average Bonchev–Trinajstić information content (AvgIpc) is 2.25. The van der Waals surface area contributed by atoms with Gasteiger partial charge in [-0.25, -0.2) is 0 Å². The average molecular weight is 258 g/mol. The van der Waals surface area contributed by atoms with Crippen molar-refractivity contribution in [2.24, 2.45) is 0 Å². The molecule has 106 valence electrons. The van der Waals surface area contributed by atoms with E-state index in [0.29, 0.717) is 12.8 Å². The molecule has 0 bridgehead atoms. The predicted molar refractivity (Wildman–Crippen MR) is 71.1 cm³/mol. The van der Waals surface area contributed by atoms with Gasteiger partial charge in [-0.05, 0) is 19.8 Å². The minimum absolute atomic E-state index is 0.234. The molecule has 0 radical (unpaired) electrons. The molecule has 0 saturated carbocycles. The molecule has 0 aromatic carbocycles. The molecule has 3 N–H and O–H groups in total. The molecule has 0 heterocycles. The number of hydrogen-bond acceptors (Lipinski definition) is 3. The van der Waals surface area contributed by atoms with Crippen molar-refractivity contribution < 1.29 is 14.7 Å². The summed E-state index contributed by atoms with van der Waals surface area (Å²) in [4.78, 5) is 22.5. The summed E-state index contributed by atoms with van der Waals surface area (Å²) < 4.78 is 0. The third-order valence-electron chi connectivity index (χ3n) is 2.84. The summed E-state index contributed by atoms with van der Waals surface area (Å²) in [5.41, 5.74) is -0.838. The molecule has 0 aliphatic heterocycles. The molecule has 0 aromatic heterocycles. The van der Waals surface area contributed by atoms with E-state index in [4.69, 9.17) is 0 Å². The van der Waals surface area contributed by atoms with Crippen LogP contribution in [0.5, 0.6) is 0 Å². The van der Waals surface area contributed by atoms with E-state index < -0.39 is 11.6 Å². The third kappa shape index (κ3) is 6.59. The summed E-state index contributed by atoms with van der Waals surface area (Å²) in [6.45, 7) is 7.23. The Kier molecular flexibility index (Phi) is 7.59. The Bertz CT molecular complexity index is 273. The van der Waals surface area contributed by atoms with Crippen LogP contribution < -0.4 is 10.6 Å². The number of amides is 2. The van der Waals surface area contributed by atoms with Gasteiger partial charge in [0, 0.05) is 13.5 Å². The number of rotatable bonds is 8. The molecule has 5 heteroatoms. The summed E-state index contributed by atoms with van der Waals surface area (Å²) in [5, 5.41) is 15.5. The van der Waals surface area contributed by atoms with Crippen molar-refractivity contribution in [1.82, 2.24) is 10.6 Å². The van der Waals surface area contributed by atoms with Crippen LogP contribution in [0.3, 0.4) is 0 Å². The summed E-state index contributed by atoms with van der Waals surface area (Å²) in [6.07, 6.45) is 3.06. The van der Waals surface area contributed by atoms with Crippen LogP contribution in [0.15, 0.2) is 0 Å². The van der Waals surface area contributed by atoms with E-state index in [2.05, 4.69) is 10.6 Å². The first kappa shape index (κ1) is 16.9. The van der Waals surface area contributed by atoms with Crippen LogP contribution in [-0.2, 0) is 9.59 Å². The molecule has 18 heavy (non-hydrogen) atoms. The molecular weight excluding hydrogens is 232 g/mol. The van der Waals surface area contributed by atoms with Crippen molar-refractivity contribution in [2.75, 3.05) is 6.54 Å². The fourth-order valence-electron chi connectivity index (χ4n) is 2.01. The second kappa shape index (κ2) is 8.08. The smallest absolute Gasteiger partial charge is 0.242 e. The van der Waals surface area contributed by atoms with E-state index in [1.807, 2.05) is 13.8 Å². The molecule has 1 unspecified atom stereocenters. The second-order valence-electron chi connectivity index (χ2n) is 4.86. The van der Waals surface area contributed by atoms with Gasteiger partial charge >= 0.3 is 0 Å². The van der Waals surface area contributed by atoms with E-state index in [1.54, 1.807) is 6.92 Å². The number of carbonyl (C=O) groups is 2. The molecule has 0 saturated heterocycles. The van der Waals surface area contributed by atoms with Crippen molar-refractivity contribution >= 4 is 11.8 Å². The first-order valence-corrected chi connectivity index (χ1v) is 6.61. The standard InChI is InChI=1S/C13H26N2O3/c1-5-7-13(18,8-6-2)9-14-12(17)10(3)15-11(4)16/h10,18H,5-9H2,1-4H3,(H,14,17)(H,15,16). The molecular formula is C13H26N2O3. The quantitative estimate of drug-likeness (QED) is 0.607. The van der Waals surface area contributed by atoms with Gasteiger partial charge in [0.2, 0.25) is 11.8 Å². The number of nitrogens with one attached hydrogen (secondary N) is 2. The molecule has 5 nitrogen and oxygen atoms in total. The summed E-state index contributed by atoms with van der Waals surface area (Å²) in [5.74, 6) is -0.508. The van der Waals surface area contributed by atoms with Gasteiger partial charge in [0.15, 0.2) is 0 Å². The molecule has 0 aliphatic carbocycles. The maximum atomic E-state index is 11.7. The van der Waals surface area contributed by atoms with Crippen LogP contribution in [-0.4, -0.2) is 35.1 Å². The SMILES string of the molecule is CCCC(O)(CCC)CNC(=O)C(C)NC(C)=O. The largest absolute Gasteiger partial charge is 0.388 e. The zero-order valence-electron chi connectivity index (χ0n) is 11.9. The van der Waals surface area contributed by atoms with Gasteiger partial charge in [-0.1, -0.05) is 26.7 Å². The summed E-state index contributed by atoms with van der Waals surface area (Å²) >= 11 is 0. The Hall–Kier alpha value is -1.10. The zero-order chi connectivity index (χ0) is 14.2. The van der Waals surface area contributed by atoms with Gasteiger partial charge in [0.05, 0.1) is 5.60 Å². The van der Waals surface area contributed by atoms with Gasteiger partial charge in [-0.15, -0.1) is 0 Å². The van der Waals surface area contributed by atoms with Crippen LogP contribution >= 0.6 is 0 Å². The summed E-state index contributed by atoms with van der Waals surface area (Å²) in [7, 11) is 0. The lowest BCUT2D eigenvalue weighted by atomic mass is 9.92. The normalized spacial score (nSPS) is 12.9. The maximum absolute atomic E-state index is 11.7. The lowest BCUT2D eigenvalue weighted by Crippen LogP contribution is -2.49. The molecule has 0 aromatic rings. The van der Waals surface area contributed by atoms with Gasteiger partial charge in [-0.3, -0.25) is 9.59 Å². The monoisotopic (exact) mass is 258 g/mol. The fourth-order valence-corrected chi connectivity index (χ4v) is 2.01. The lowest BCUT2D eigenvalue weighted by Gasteiger charge is -2.28. The molecule has 2 amide bonds. The van der Waals surface area contributed by atoms with Gasteiger partial charge < -0.3 is 15.7 Å². The highest BCUT2D eigenvalue weighted by Gasteiger charge is 2.26. The Morgan fingerprint density at radius 2 is 1.72 bits per heavy atom. The minimum Gasteiger partial charge on any atom is -0.388 e. The molecule has 1 atom stereocenters. The summed E-state index contributed by atoms with van der Waals surface area (Å²) in [6, 6.07) is -0.574. The molecule has 0 fully saturated rings. The van der Waals surface area contributed by atoms with Crippen molar-refractivity contribution in [3.63, 3.8) is 0 Å². The van der Waals surface area contributed by atoms with Crippen molar-refractivity contribution in [3.05, 3.63) is 0 Å². The highest BCUT2D eigenvalue weighted by Crippen LogP contribution is 2.18. The van der Waals surface area contributed by atoms with Gasteiger partial charge in [0.1, 0.15) is 6.04 Å². The van der Waals surface area contributed by atoms with Crippen molar-refractivity contribution in [1.29, 1.82) is 0 Å². The number of aliphatic hydroxyl groups is 1. The van der Waals surface area contributed by atoms with Crippen molar-refractivity contribution in [3.8, 4) is 0 Å². The zero-order valence-corrected chi connectivity index (χ0v) is 11.9. The van der Waals surface area contributed by atoms with E-state index in [9.17, 15) is 14.7 Å². The number of carbonyl (C=O) groups excluding carboxylic acids is 2. The van der Waals surface area contributed by atoms with E-state index in [1.165, 1.54) is 6.92 Å². The first-order chi connectivity index (χ1) is 8.34. The van der Waals surface area contributed by atoms with Crippen LogP contribution in [0.1, 0.15) is 53.4 Å². The third-order valence-corrected chi connectivity index (χ3v) is 2.84. The fraction of sp³-hybridized carbons (Fsp3) is 0.846. The highest BCUT2D eigenvalue weighted by molar-refractivity contribution is 5.86. The predicted octanol–water partition coefficient (Wildman–Crippen LogP) is 0.958. The number of hydrogen-bond donors (Lipinski definition) is 3. The van der Waals surface area contributed by atoms with Crippen LogP contribution in [0.4, 0.5) is 0 Å². The first-order valence-electron chi connectivity index (χ1n) is 6.61. The van der Waals surface area contributed by atoms with Crippen LogP contribution in [0.2, 0.25) is 0 Å². The Morgan fingerprint density at radius 1 is 1.22 bits per heavy atom. The van der Waals surface area contributed by atoms with E-state index in [0.717, 1.165) is 12.8 Å². The minimum atomic E-state index is -0.838. The topological polar surface area (TPSA) is 78.4 Å². The van der Waals surface area contributed by atoms with E-state index >= 15 is 0 Å². The lowest BCUT2D eigenvalue weighted by molar-refractivity contribution is -0.128. The van der Waals surface area contributed by atoms with Gasteiger partial charge in [-0.2, -0.15) is 0 Å². The molecule has 0 aliphatic rings. The van der Waals surface area contributed by atoms with Gasteiger partial charge in [0.25, 0.3) is 0 Å².